The van der Waals surface area contributed by atoms with E-state index in [2.05, 4.69) is 5.32 Å². The largest absolute Gasteiger partial charge is 0.464 e. The van der Waals surface area contributed by atoms with Crippen molar-refractivity contribution in [2.24, 2.45) is 0 Å². The Labute approximate surface area is 154 Å². The molecule has 6 nitrogen and oxygen atoms in total. The van der Waals surface area contributed by atoms with E-state index < -0.39 is 17.5 Å². The summed E-state index contributed by atoms with van der Waals surface area (Å²) in [5, 5.41) is 4.76. The van der Waals surface area contributed by atoms with Gasteiger partial charge in [-0.1, -0.05) is 30.3 Å². The highest BCUT2D eigenvalue weighted by atomic mass is 32.1. The van der Waals surface area contributed by atoms with Crippen molar-refractivity contribution in [2.45, 2.75) is 24.8 Å². The van der Waals surface area contributed by atoms with E-state index in [9.17, 15) is 14.4 Å². The number of urea groups is 1. The third-order valence-electron chi connectivity index (χ3n) is 4.90. The van der Waals surface area contributed by atoms with Crippen molar-refractivity contribution in [3.05, 3.63) is 57.8 Å². The molecule has 2 heterocycles. The standard InChI is InChI=1S/C19H18N2O4S/c22-16(25-10-8-14-5-3-11-26-14)12-21-17(23)19(20-18(21)24)9-7-13-4-1-2-6-15(13)19/h1-6,11H,7-10,12H2,(H,20,24). The lowest BCUT2D eigenvalue weighted by molar-refractivity contribution is -0.147. The Morgan fingerprint density at radius 3 is 2.88 bits per heavy atom. The summed E-state index contributed by atoms with van der Waals surface area (Å²) < 4.78 is 5.19. The molecule has 0 saturated carbocycles. The Bertz CT molecular complexity index is 864. The highest BCUT2D eigenvalue weighted by Gasteiger charge is 2.55. The number of rotatable bonds is 5. The molecule has 3 amide bonds. The summed E-state index contributed by atoms with van der Waals surface area (Å²) in [5.74, 6) is -0.948. The monoisotopic (exact) mass is 370 g/mol. The Kier molecular flexibility index (Phi) is 4.24. The summed E-state index contributed by atoms with van der Waals surface area (Å²) >= 11 is 1.59. The number of amides is 3. The Hall–Kier alpha value is -2.67. The van der Waals surface area contributed by atoms with Crippen LogP contribution < -0.4 is 5.32 Å². The highest BCUT2D eigenvalue weighted by Crippen LogP contribution is 2.41. The molecule has 2 aromatic rings. The number of imide groups is 1. The number of nitrogens with zero attached hydrogens (tertiary/aromatic N) is 1. The van der Waals surface area contributed by atoms with E-state index in [-0.39, 0.29) is 19.1 Å². The first-order valence-corrected chi connectivity index (χ1v) is 9.38. The summed E-state index contributed by atoms with van der Waals surface area (Å²) in [6, 6.07) is 11.0. The molecule has 1 fully saturated rings. The van der Waals surface area contributed by atoms with Gasteiger partial charge in [0.05, 0.1) is 6.61 Å². The molecular weight excluding hydrogens is 352 g/mol. The summed E-state index contributed by atoms with van der Waals surface area (Å²) in [4.78, 5) is 39.4. The number of nitrogens with one attached hydrogen (secondary N) is 1. The first-order valence-electron chi connectivity index (χ1n) is 8.51. The minimum atomic E-state index is -1.04. The van der Waals surface area contributed by atoms with Gasteiger partial charge < -0.3 is 10.1 Å². The van der Waals surface area contributed by atoms with E-state index in [0.717, 1.165) is 27.3 Å². The lowest BCUT2D eigenvalue weighted by Gasteiger charge is -2.22. The number of fused-ring (bicyclic) bond motifs is 2. The van der Waals surface area contributed by atoms with E-state index >= 15 is 0 Å². The molecule has 1 aromatic heterocycles. The minimum absolute atomic E-state index is 0.233. The molecule has 0 radical (unpaired) electrons. The molecule has 1 unspecified atom stereocenters. The van der Waals surface area contributed by atoms with Gasteiger partial charge in [-0.15, -0.1) is 11.3 Å². The van der Waals surface area contributed by atoms with Gasteiger partial charge in [0.1, 0.15) is 12.1 Å². The van der Waals surface area contributed by atoms with Crippen LogP contribution in [0.25, 0.3) is 0 Å². The Balaban J connectivity index is 1.41. The normalized spacial score (nSPS) is 21.2. The third kappa shape index (κ3) is 2.78. The first kappa shape index (κ1) is 16.8. The van der Waals surface area contributed by atoms with Gasteiger partial charge in [-0.05, 0) is 35.4 Å². The van der Waals surface area contributed by atoms with E-state index in [0.29, 0.717) is 12.8 Å². The van der Waals surface area contributed by atoms with Crippen molar-refractivity contribution in [1.82, 2.24) is 10.2 Å². The number of carbonyl (C=O) groups excluding carboxylic acids is 3. The van der Waals surface area contributed by atoms with Gasteiger partial charge >= 0.3 is 12.0 Å². The number of ether oxygens (including phenoxy) is 1. The molecule has 1 aliphatic heterocycles. The molecule has 4 rings (SSSR count). The van der Waals surface area contributed by atoms with Gasteiger partial charge in [0, 0.05) is 11.3 Å². The zero-order valence-corrected chi connectivity index (χ0v) is 14.9. The van der Waals surface area contributed by atoms with Crippen LogP contribution in [0, 0.1) is 0 Å². The van der Waals surface area contributed by atoms with Crippen molar-refractivity contribution in [3.8, 4) is 0 Å². The van der Waals surface area contributed by atoms with Crippen molar-refractivity contribution in [3.63, 3.8) is 0 Å². The second kappa shape index (κ2) is 6.57. The molecule has 134 valence electrons. The van der Waals surface area contributed by atoms with E-state index in [4.69, 9.17) is 4.74 Å². The zero-order valence-electron chi connectivity index (χ0n) is 14.1. The maximum Gasteiger partial charge on any atom is 0.326 e. The maximum absolute atomic E-state index is 12.9. The number of hydrogen-bond donors (Lipinski definition) is 1. The van der Waals surface area contributed by atoms with Crippen molar-refractivity contribution >= 4 is 29.2 Å². The topological polar surface area (TPSA) is 75.7 Å². The lowest BCUT2D eigenvalue weighted by atomic mass is 9.92. The van der Waals surface area contributed by atoms with Crippen LogP contribution in [0.15, 0.2) is 41.8 Å². The van der Waals surface area contributed by atoms with Gasteiger partial charge in [-0.25, -0.2) is 4.79 Å². The minimum Gasteiger partial charge on any atom is -0.464 e. The predicted molar refractivity (Wildman–Crippen MR) is 95.7 cm³/mol. The summed E-state index contributed by atoms with van der Waals surface area (Å²) in [5.41, 5.74) is 0.846. The molecule has 1 aliphatic carbocycles. The fourth-order valence-corrected chi connectivity index (χ4v) is 4.32. The number of benzene rings is 1. The molecule has 1 N–H and O–H groups in total. The van der Waals surface area contributed by atoms with Crippen molar-refractivity contribution < 1.29 is 19.1 Å². The Morgan fingerprint density at radius 1 is 1.23 bits per heavy atom. The van der Waals surface area contributed by atoms with Gasteiger partial charge in [-0.3, -0.25) is 14.5 Å². The molecule has 1 atom stereocenters. The highest BCUT2D eigenvalue weighted by molar-refractivity contribution is 7.09. The SMILES string of the molecule is O=C(CN1C(=O)NC2(CCc3ccccc32)C1=O)OCCc1cccs1. The van der Waals surface area contributed by atoms with Crippen LogP contribution in [0.4, 0.5) is 4.79 Å². The molecule has 0 bridgehead atoms. The molecule has 7 heteroatoms. The zero-order chi connectivity index (χ0) is 18.1. The fourth-order valence-electron chi connectivity index (χ4n) is 3.63. The van der Waals surface area contributed by atoms with E-state index in [1.54, 1.807) is 11.3 Å². The second-order valence-electron chi connectivity index (χ2n) is 6.43. The van der Waals surface area contributed by atoms with Crippen LogP contribution in [-0.2, 0) is 32.7 Å². The summed E-state index contributed by atoms with van der Waals surface area (Å²) in [6.45, 7) is -0.129. The van der Waals surface area contributed by atoms with Crippen LogP contribution in [0.3, 0.4) is 0 Å². The molecule has 1 aromatic carbocycles. The molecule has 1 saturated heterocycles. The average molecular weight is 370 g/mol. The summed E-state index contributed by atoms with van der Waals surface area (Å²) in [6.07, 6.45) is 1.86. The second-order valence-corrected chi connectivity index (χ2v) is 7.47. The number of thiophene rings is 1. The summed E-state index contributed by atoms with van der Waals surface area (Å²) in [7, 11) is 0. The quantitative estimate of drug-likeness (QED) is 0.647. The number of aryl methyl sites for hydroxylation is 1. The maximum atomic E-state index is 12.9. The number of hydrogen-bond acceptors (Lipinski definition) is 5. The third-order valence-corrected chi connectivity index (χ3v) is 5.84. The van der Waals surface area contributed by atoms with Crippen LogP contribution in [0.5, 0.6) is 0 Å². The molecular formula is C19H18N2O4S. The first-order chi connectivity index (χ1) is 12.6. The van der Waals surface area contributed by atoms with Crippen molar-refractivity contribution in [2.75, 3.05) is 13.2 Å². The van der Waals surface area contributed by atoms with E-state index in [1.807, 2.05) is 41.8 Å². The molecule has 2 aliphatic rings. The Morgan fingerprint density at radius 2 is 2.08 bits per heavy atom. The average Bonchev–Trinajstić information content (AvgIpc) is 3.33. The van der Waals surface area contributed by atoms with Crippen LogP contribution in [-0.4, -0.2) is 36.0 Å². The molecule has 1 spiro atoms. The van der Waals surface area contributed by atoms with Crippen LogP contribution in [0.1, 0.15) is 22.4 Å². The van der Waals surface area contributed by atoms with Gasteiger partial charge in [0.15, 0.2) is 0 Å². The van der Waals surface area contributed by atoms with Crippen molar-refractivity contribution in [1.29, 1.82) is 0 Å². The molecule has 26 heavy (non-hydrogen) atoms. The van der Waals surface area contributed by atoms with Crippen LogP contribution >= 0.6 is 11.3 Å². The van der Waals surface area contributed by atoms with E-state index in [1.165, 1.54) is 0 Å². The van der Waals surface area contributed by atoms with Crippen LogP contribution in [0.2, 0.25) is 0 Å². The number of carbonyl (C=O) groups is 3. The fraction of sp³-hybridized carbons (Fsp3) is 0.316. The van der Waals surface area contributed by atoms with Gasteiger partial charge in [-0.2, -0.15) is 0 Å². The van der Waals surface area contributed by atoms with Gasteiger partial charge in [0.2, 0.25) is 0 Å². The lowest BCUT2D eigenvalue weighted by Crippen LogP contribution is -2.42. The number of esters is 1. The smallest absolute Gasteiger partial charge is 0.326 e. The van der Waals surface area contributed by atoms with Gasteiger partial charge in [0.25, 0.3) is 5.91 Å². The predicted octanol–water partition coefficient (Wildman–Crippen LogP) is 2.23.